The largest absolute Gasteiger partial charge is 0.467 e. The summed E-state index contributed by atoms with van der Waals surface area (Å²) in [5.41, 5.74) is 2.87. The summed E-state index contributed by atoms with van der Waals surface area (Å²) in [7, 11) is 1.29. The molecule has 2 rings (SSSR count). The third-order valence-corrected chi connectivity index (χ3v) is 4.46. The summed E-state index contributed by atoms with van der Waals surface area (Å²) in [4.78, 5) is 36.7. The molecule has 148 valence electrons. The van der Waals surface area contributed by atoms with Crippen molar-refractivity contribution in [2.45, 2.75) is 38.8 Å². The molecule has 0 spiro atoms. The minimum absolute atomic E-state index is 0.309. The molecule has 2 N–H and O–H groups in total. The van der Waals surface area contributed by atoms with Gasteiger partial charge < -0.3 is 15.4 Å². The predicted molar refractivity (Wildman–Crippen MR) is 107 cm³/mol. The first-order chi connectivity index (χ1) is 13.4. The Morgan fingerprint density at radius 3 is 2.14 bits per heavy atom. The maximum atomic E-state index is 12.9. The van der Waals surface area contributed by atoms with Crippen LogP contribution in [0.15, 0.2) is 54.6 Å². The molecule has 6 heteroatoms. The highest BCUT2D eigenvalue weighted by atomic mass is 16.5. The quantitative estimate of drug-likeness (QED) is 0.684. The fraction of sp³-hybridized carbons (Fsp3) is 0.318. The van der Waals surface area contributed by atoms with Gasteiger partial charge in [-0.3, -0.25) is 9.59 Å². The summed E-state index contributed by atoms with van der Waals surface area (Å²) in [6.45, 7) is 3.30. The molecule has 0 heterocycles. The number of esters is 1. The second-order valence-corrected chi connectivity index (χ2v) is 6.66. The van der Waals surface area contributed by atoms with Crippen molar-refractivity contribution < 1.29 is 19.1 Å². The zero-order valence-corrected chi connectivity index (χ0v) is 16.4. The number of carbonyl (C=O) groups excluding carboxylic acids is 3. The second-order valence-electron chi connectivity index (χ2n) is 6.66. The summed E-state index contributed by atoms with van der Waals surface area (Å²) in [6.07, 6.45) is 0.633. The minimum Gasteiger partial charge on any atom is -0.467 e. The van der Waals surface area contributed by atoms with Crippen LogP contribution in [-0.4, -0.2) is 37.0 Å². The molecule has 2 aromatic rings. The van der Waals surface area contributed by atoms with Crippen LogP contribution >= 0.6 is 0 Å². The monoisotopic (exact) mass is 382 g/mol. The van der Waals surface area contributed by atoms with E-state index >= 15 is 0 Å². The van der Waals surface area contributed by atoms with Gasteiger partial charge in [0.25, 0.3) is 0 Å². The van der Waals surface area contributed by atoms with Gasteiger partial charge in [-0.15, -0.1) is 0 Å². The molecule has 0 aliphatic rings. The molecule has 0 aliphatic heterocycles. The highest BCUT2D eigenvalue weighted by molar-refractivity contribution is 5.90. The maximum absolute atomic E-state index is 12.9. The maximum Gasteiger partial charge on any atom is 0.328 e. The topological polar surface area (TPSA) is 84.5 Å². The minimum atomic E-state index is -0.842. The van der Waals surface area contributed by atoms with Gasteiger partial charge in [-0.2, -0.15) is 0 Å². The van der Waals surface area contributed by atoms with Crippen LogP contribution in [-0.2, 0) is 32.0 Å². The van der Waals surface area contributed by atoms with Gasteiger partial charge >= 0.3 is 5.97 Å². The van der Waals surface area contributed by atoms with E-state index in [0.717, 1.165) is 16.7 Å². The molecule has 28 heavy (non-hydrogen) atoms. The van der Waals surface area contributed by atoms with E-state index in [1.807, 2.05) is 61.5 Å². The molecule has 2 aromatic carbocycles. The Morgan fingerprint density at radius 1 is 0.893 bits per heavy atom. The summed E-state index contributed by atoms with van der Waals surface area (Å²) in [6, 6.07) is 15.4. The number of benzene rings is 2. The molecule has 0 aliphatic carbocycles. The van der Waals surface area contributed by atoms with Crippen LogP contribution in [0.1, 0.15) is 23.6 Å². The van der Waals surface area contributed by atoms with Crippen molar-refractivity contribution in [3.05, 3.63) is 71.3 Å². The lowest BCUT2D eigenvalue weighted by atomic mass is 10.00. The number of rotatable bonds is 8. The second kappa shape index (κ2) is 10.3. The summed E-state index contributed by atoms with van der Waals surface area (Å²) < 4.78 is 4.86. The lowest BCUT2D eigenvalue weighted by Gasteiger charge is -2.22. The molecule has 2 atom stereocenters. The van der Waals surface area contributed by atoms with Gasteiger partial charge in [0.05, 0.1) is 7.11 Å². The SMILES string of the molecule is COC(=O)[C@H](Cc1ccccc1C)NC(=O)[C@@H](Cc1ccccc1)NC(C)=O. The number of hydrogen-bond donors (Lipinski definition) is 2. The number of carbonyl (C=O) groups is 3. The third kappa shape index (κ3) is 6.23. The van der Waals surface area contributed by atoms with E-state index in [9.17, 15) is 14.4 Å². The van der Waals surface area contributed by atoms with E-state index < -0.39 is 24.0 Å². The Kier molecular flexibility index (Phi) is 7.75. The van der Waals surface area contributed by atoms with Gasteiger partial charge in [0.15, 0.2) is 0 Å². The Bertz CT molecular complexity index is 820. The average molecular weight is 382 g/mol. The molecule has 0 aromatic heterocycles. The lowest BCUT2D eigenvalue weighted by Crippen LogP contribution is -2.53. The zero-order valence-electron chi connectivity index (χ0n) is 16.4. The van der Waals surface area contributed by atoms with Crippen LogP contribution < -0.4 is 10.6 Å². The van der Waals surface area contributed by atoms with Crippen molar-refractivity contribution in [2.75, 3.05) is 7.11 Å². The fourth-order valence-corrected chi connectivity index (χ4v) is 2.97. The smallest absolute Gasteiger partial charge is 0.328 e. The summed E-state index contributed by atoms with van der Waals surface area (Å²) in [5.74, 6) is -1.27. The van der Waals surface area contributed by atoms with Gasteiger partial charge in [-0.1, -0.05) is 54.6 Å². The van der Waals surface area contributed by atoms with Crippen LogP contribution in [0.3, 0.4) is 0 Å². The third-order valence-electron chi connectivity index (χ3n) is 4.46. The first-order valence-electron chi connectivity index (χ1n) is 9.14. The molecule has 0 saturated carbocycles. The van der Waals surface area contributed by atoms with E-state index in [0.29, 0.717) is 12.8 Å². The number of nitrogens with one attached hydrogen (secondary N) is 2. The van der Waals surface area contributed by atoms with E-state index in [2.05, 4.69) is 10.6 Å². The number of ether oxygens (including phenoxy) is 1. The van der Waals surface area contributed by atoms with Crippen molar-refractivity contribution in [1.29, 1.82) is 0 Å². The zero-order chi connectivity index (χ0) is 20.5. The van der Waals surface area contributed by atoms with Crippen molar-refractivity contribution >= 4 is 17.8 Å². The molecule has 0 fully saturated rings. The van der Waals surface area contributed by atoms with Gasteiger partial charge in [0.2, 0.25) is 11.8 Å². The van der Waals surface area contributed by atoms with Crippen LogP contribution in [0.25, 0.3) is 0 Å². The van der Waals surface area contributed by atoms with E-state index in [-0.39, 0.29) is 5.91 Å². The Balaban J connectivity index is 2.17. The van der Waals surface area contributed by atoms with Crippen LogP contribution in [0.4, 0.5) is 0 Å². The Hall–Kier alpha value is -3.15. The average Bonchev–Trinajstić information content (AvgIpc) is 2.68. The van der Waals surface area contributed by atoms with Gasteiger partial charge in [-0.05, 0) is 23.6 Å². The first kappa shape index (κ1) is 21.2. The molecular weight excluding hydrogens is 356 g/mol. The number of hydrogen-bond acceptors (Lipinski definition) is 4. The highest BCUT2D eigenvalue weighted by Crippen LogP contribution is 2.11. The highest BCUT2D eigenvalue weighted by Gasteiger charge is 2.27. The van der Waals surface area contributed by atoms with Crippen molar-refractivity contribution in [3.8, 4) is 0 Å². The fourth-order valence-electron chi connectivity index (χ4n) is 2.97. The van der Waals surface area contributed by atoms with Crippen LogP contribution in [0.5, 0.6) is 0 Å². The Labute approximate surface area is 165 Å². The molecular formula is C22H26N2O4. The van der Waals surface area contributed by atoms with E-state index in [1.165, 1.54) is 14.0 Å². The standard InChI is InChI=1S/C22H26N2O4/c1-15-9-7-8-12-18(15)14-20(22(27)28-3)24-21(26)19(23-16(2)25)13-17-10-5-4-6-11-17/h4-12,19-20H,13-14H2,1-3H3,(H,23,25)(H,24,26)/t19-,20+/m1/s1. The van der Waals surface area contributed by atoms with E-state index in [4.69, 9.17) is 4.74 Å². The van der Waals surface area contributed by atoms with Crippen molar-refractivity contribution in [2.24, 2.45) is 0 Å². The first-order valence-corrected chi connectivity index (χ1v) is 9.14. The molecule has 0 radical (unpaired) electrons. The van der Waals surface area contributed by atoms with Crippen LogP contribution in [0, 0.1) is 6.92 Å². The van der Waals surface area contributed by atoms with Crippen molar-refractivity contribution in [3.63, 3.8) is 0 Å². The lowest BCUT2D eigenvalue weighted by molar-refractivity contribution is -0.145. The van der Waals surface area contributed by atoms with Gasteiger partial charge in [0, 0.05) is 19.8 Å². The predicted octanol–water partition coefficient (Wildman–Crippen LogP) is 1.94. The Morgan fingerprint density at radius 2 is 1.54 bits per heavy atom. The van der Waals surface area contributed by atoms with E-state index in [1.54, 1.807) is 0 Å². The van der Waals surface area contributed by atoms with Crippen molar-refractivity contribution in [1.82, 2.24) is 10.6 Å². The summed E-state index contributed by atoms with van der Waals surface area (Å²) >= 11 is 0. The molecule has 6 nitrogen and oxygen atoms in total. The summed E-state index contributed by atoms with van der Waals surface area (Å²) in [5, 5.41) is 5.40. The number of aryl methyl sites for hydroxylation is 1. The molecule has 2 amide bonds. The van der Waals surface area contributed by atoms with Gasteiger partial charge in [0.1, 0.15) is 12.1 Å². The van der Waals surface area contributed by atoms with Gasteiger partial charge in [-0.25, -0.2) is 4.79 Å². The number of methoxy groups -OCH3 is 1. The normalized spacial score (nSPS) is 12.5. The molecule has 0 bridgehead atoms. The number of amides is 2. The molecule has 0 unspecified atom stereocenters. The van der Waals surface area contributed by atoms with Crippen LogP contribution in [0.2, 0.25) is 0 Å². The molecule has 0 saturated heterocycles.